The lowest BCUT2D eigenvalue weighted by molar-refractivity contribution is -0.136. The minimum absolute atomic E-state index is 0.0335. The van der Waals surface area contributed by atoms with E-state index in [1.807, 2.05) is 47.5 Å². The highest BCUT2D eigenvalue weighted by Crippen LogP contribution is 2.23. The minimum Gasteiger partial charge on any atom is -0.338 e. The number of aromatic nitrogens is 1. The quantitative estimate of drug-likeness (QED) is 0.810. The number of pyridine rings is 1. The van der Waals surface area contributed by atoms with E-state index in [0.29, 0.717) is 32.6 Å². The SMILES string of the molecule is CCN(Cc1cccs1)C(=O)C1CC(=O)N(Cc2ccccn2)C1. The van der Waals surface area contributed by atoms with Crippen LogP contribution in [0, 0.1) is 5.92 Å². The number of hydrogen-bond acceptors (Lipinski definition) is 4. The molecule has 1 unspecified atom stereocenters. The van der Waals surface area contributed by atoms with Gasteiger partial charge >= 0.3 is 0 Å². The molecule has 1 fully saturated rings. The average Bonchev–Trinajstić information content (AvgIpc) is 3.23. The van der Waals surface area contributed by atoms with Gasteiger partial charge in [0.1, 0.15) is 0 Å². The zero-order valence-corrected chi connectivity index (χ0v) is 14.5. The molecule has 5 nitrogen and oxygen atoms in total. The number of carbonyl (C=O) groups is 2. The maximum atomic E-state index is 12.8. The molecule has 0 bridgehead atoms. The van der Waals surface area contributed by atoms with Gasteiger partial charge in [0.05, 0.1) is 24.7 Å². The maximum Gasteiger partial charge on any atom is 0.228 e. The maximum absolute atomic E-state index is 12.8. The molecule has 3 heterocycles. The normalized spacial score (nSPS) is 17.3. The van der Waals surface area contributed by atoms with Crippen molar-refractivity contribution in [3.8, 4) is 0 Å². The van der Waals surface area contributed by atoms with E-state index in [-0.39, 0.29) is 17.7 Å². The molecule has 0 aliphatic carbocycles. The molecule has 0 N–H and O–H groups in total. The molecule has 1 aliphatic rings. The number of nitrogens with zero attached hydrogens (tertiary/aromatic N) is 3. The summed E-state index contributed by atoms with van der Waals surface area (Å²) < 4.78 is 0. The van der Waals surface area contributed by atoms with Crippen molar-refractivity contribution < 1.29 is 9.59 Å². The van der Waals surface area contributed by atoms with E-state index in [1.165, 1.54) is 4.88 Å². The van der Waals surface area contributed by atoms with Gasteiger partial charge in [-0.05, 0) is 30.5 Å². The summed E-state index contributed by atoms with van der Waals surface area (Å²) in [5.41, 5.74) is 0.852. The van der Waals surface area contributed by atoms with Crippen molar-refractivity contribution >= 4 is 23.2 Å². The molecule has 126 valence electrons. The lowest BCUT2D eigenvalue weighted by Crippen LogP contribution is -2.36. The van der Waals surface area contributed by atoms with Crippen LogP contribution in [0.25, 0.3) is 0 Å². The van der Waals surface area contributed by atoms with E-state index >= 15 is 0 Å². The summed E-state index contributed by atoms with van der Waals surface area (Å²) in [6.45, 7) is 4.21. The Hall–Kier alpha value is -2.21. The predicted octanol–water partition coefficient (Wildman–Crippen LogP) is 2.54. The molecule has 0 spiro atoms. The van der Waals surface area contributed by atoms with Crippen LogP contribution in [-0.2, 0) is 22.7 Å². The summed E-state index contributed by atoms with van der Waals surface area (Å²) in [5, 5.41) is 2.02. The Morgan fingerprint density at radius 1 is 1.38 bits per heavy atom. The van der Waals surface area contributed by atoms with Crippen molar-refractivity contribution in [3.05, 3.63) is 52.5 Å². The highest BCUT2D eigenvalue weighted by Gasteiger charge is 2.36. The number of rotatable bonds is 6. The summed E-state index contributed by atoms with van der Waals surface area (Å²) in [5.74, 6) is -0.143. The van der Waals surface area contributed by atoms with Crippen LogP contribution in [0.5, 0.6) is 0 Å². The number of amides is 2. The van der Waals surface area contributed by atoms with Crippen molar-refractivity contribution in [2.24, 2.45) is 5.92 Å². The number of likely N-dealkylation sites (tertiary alicyclic amines) is 1. The van der Waals surface area contributed by atoms with Gasteiger partial charge in [-0.25, -0.2) is 0 Å². The second kappa shape index (κ2) is 7.57. The summed E-state index contributed by atoms with van der Waals surface area (Å²) in [6.07, 6.45) is 2.02. The van der Waals surface area contributed by atoms with E-state index in [1.54, 1.807) is 22.4 Å². The topological polar surface area (TPSA) is 53.5 Å². The van der Waals surface area contributed by atoms with Crippen LogP contribution >= 0.6 is 11.3 Å². The second-order valence-corrected chi connectivity index (χ2v) is 6.96. The third-order valence-electron chi connectivity index (χ3n) is 4.26. The van der Waals surface area contributed by atoms with Gasteiger partial charge in [0.25, 0.3) is 0 Å². The fourth-order valence-corrected chi connectivity index (χ4v) is 3.69. The summed E-state index contributed by atoms with van der Waals surface area (Å²) >= 11 is 1.65. The lowest BCUT2D eigenvalue weighted by atomic mass is 10.1. The van der Waals surface area contributed by atoms with Gasteiger partial charge in [-0.1, -0.05) is 12.1 Å². The van der Waals surface area contributed by atoms with Crippen LogP contribution in [0.2, 0.25) is 0 Å². The molecular weight excluding hydrogens is 322 g/mol. The molecule has 2 amide bonds. The van der Waals surface area contributed by atoms with Crippen LogP contribution < -0.4 is 0 Å². The third-order valence-corrected chi connectivity index (χ3v) is 5.12. The van der Waals surface area contributed by atoms with E-state index in [4.69, 9.17) is 0 Å². The molecule has 1 atom stereocenters. The van der Waals surface area contributed by atoms with Crippen LogP contribution in [-0.4, -0.2) is 39.7 Å². The molecule has 1 aliphatic heterocycles. The Bertz CT molecular complexity index is 688. The van der Waals surface area contributed by atoms with E-state index < -0.39 is 0 Å². The van der Waals surface area contributed by atoms with Crippen molar-refractivity contribution in [2.75, 3.05) is 13.1 Å². The zero-order valence-electron chi connectivity index (χ0n) is 13.7. The molecule has 3 rings (SSSR count). The largest absolute Gasteiger partial charge is 0.338 e. The first kappa shape index (κ1) is 16.6. The van der Waals surface area contributed by atoms with Gasteiger partial charge < -0.3 is 9.80 Å². The molecular formula is C18H21N3O2S. The average molecular weight is 343 g/mol. The standard InChI is InChI=1S/C18H21N3O2S/c1-2-20(13-16-7-5-9-24-16)18(23)14-10-17(22)21(11-14)12-15-6-3-4-8-19-15/h3-9,14H,2,10-13H2,1H3. The fraction of sp³-hybridized carbons (Fsp3) is 0.389. The molecule has 0 saturated carbocycles. The van der Waals surface area contributed by atoms with E-state index in [0.717, 1.165) is 5.69 Å². The number of thiophene rings is 1. The molecule has 24 heavy (non-hydrogen) atoms. The van der Waals surface area contributed by atoms with Gasteiger partial charge in [-0.15, -0.1) is 11.3 Å². The Labute approximate surface area is 145 Å². The van der Waals surface area contributed by atoms with E-state index in [9.17, 15) is 9.59 Å². The first-order valence-corrected chi connectivity index (χ1v) is 9.04. The first-order chi connectivity index (χ1) is 11.7. The summed E-state index contributed by atoms with van der Waals surface area (Å²) in [6, 6.07) is 9.69. The first-order valence-electron chi connectivity index (χ1n) is 8.16. The van der Waals surface area contributed by atoms with Gasteiger partial charge in [-0.2, -0.15) is 0 Å². The van der Waals surface area contributed by atoms with E-state index in [2.05, 4.69) is 4.98 Å². The second-order valence-electron chi connectivity index (χ2n) is 5.93. The Morgan fingerprint density at radius 3 is 2.92 bits per heavy atom. The zero-order chi connectivity index (χ0) is 16.9. The minimum atomic E-state index is -0.249. The van der Waals surface area contributed by atoms with Crippen LogP contribution in [0.15, 0.2) is 41.9 Å². The van der Waals surface area contributed by atoms with Crippen LogP contribution in [0.1, 0.15) is 23.9 Å². The van der Waals surface area contributed by atoms with Crippen molar-refractivity contribution in [3.63, 3.8) is 0 Å². The van der Waals surface area contributed by atoms with Crippen molar-refractivity contribution in [1.82, 2.24) is 14.8 Å². The van der Waals surface area contributed by atoms with Crippen LogP contribution in [0.4, 0.5) is 0 Å². The van der Waals surface area contributed by atoms with Gasteiger partial charge in [0, 0.05) is 30.6 Å². The smallest absolute Gasteiger partial charge is 0.228 e. The Kier molecular flexibility index (Phi) is 5.25. The van der Waals surface area contributed by atoms with Crippen LogP contribution in [0.3, 0.4) is 0 Å². The van der Waals surface area contributed by atoms with Gasteiger partial charge in [0.15, 0.2) is 0 Å². The van der Waals surface area contributed by atoms with Gasteiger partial charge in [0.2, 0.25) is 11.8 Å². The number of carbonyl (C=O) groups excluding carboxylic acids is 2. The monoisotopic (exact) mass is 343 g/mol. The fourth-order valence-electron chi connectivity index (χ4n) is 2.97. The molecule has 2 aromatic rings. The van der Waals surface area contributed by atoms with Crippen molar-refractivity contribution in [2.45, 2.75) is 26.4 Å². The molecule has 0 aromatic carbocycles. The third kappa shape index (κ3) is 3.82. The Balaban J connectivity index is 1.62. The molecule has 6 heteroatoms. The highest BCUT2D eigenvalue weighted by atomic mass is 32.1. The molecule has 0 radical (unpaired) electrons. The predicted molar refractivity (Wildman–Crippen MR) is 93.2 cm³/mol. The summed E-state index contributed by atoms with van der Waals surface area (Å²) in [7, 11) is 0. The molecule has 1 saturated heterocycles. The van der Waals surface area contributed by atoms with Gasteiger partial charge in [-0.3, -0.25) is 14.6 Å². The number of hydrogen-bond donors (Lipinski definition) is 0. The highest BCUT2D eigenvalue weighted by molar-refractivity contribution is 7.09. The lowest BCUT2D eigenvalue weighted by Gasteiger charge is -2.23. The molecule has 2 aromatic heterocycles. The Morgan fingerprint density at radius 2 is 2.25 bits per heavy atom. The summed E-state index contributed by atoms with van der Waals surface area (Å²) in [4.78, 5) is 34.0. The van der Waals surface area contributed by atoms with Crippen molar-refractivity contribution in [1.29, 1.82) is 0 Å².